The molecule has 1 saturated heterocycles. The van der Waals surface area contributed by atoms with Crippen LogP contribution >= 0.6 is 0 Å². The third-order valence-corrected chi connectivity index (χ3v) is 7.02. The topological polar surface area (TPSA) is 46.6 Å². The van der Waals surface area contributed by atoms with Crippen molar-refractivity contribution in [3.05, 3.63) is 47.5 Å². The smallest absolute Gasteiger partial charge is 0.416 e. The van der Waals surface area contributed by atoms with Crippen molar-refractivity contribution < 1.29 is 14.3 Å². The number of allylic oxidation sites excluding steroid dienone is 2. The molecule has 4 nitrogen and oxygen atoms in total. The van der Waals surface area contributed by atoms with E-state index in [4.69, 9.17) is 4.74 Å². The highest BCUT2D eigenvalue weighted by Gasteiger charge is 2.47. The third kappa shape index (κ3) is 3.42. The van der Waals surface area contributed by atoms with Crippen LogP contribution in [0.3, 0.4) is 0 Å². The molecule has 1 aliphatic heterocycles. The first-order valence-corrected chi connectivity index (χ1v) is 10.2. The maximum absolute atomic E-state index is 13.3. The Bertz CT molecular complexity index is 756. The van der Waals surface area contributed by atoms with Crippen LogP contribution in [0.5, 0.6) is 0 Å². The van der Waals surface area contributed by atoms with Gasteiger partial charge in [0, 0.05) is 5.92 Å². The molecule has 0 bridgehead atoms. The van der Waals surface area contributed by atoms with Gasteiger partial charge in [-0.15, -0.1) is 0 Å². The molecule has 144 valence electrons. The molecule has 1 saturated carbocycles. The molecule has 4 rings (SSSR count). The fourth-order valence-corrected chi connectivity index (χ4v) is 5.36. The lowest BCUT2D eigenvalue weighted by Gasteiger charge is -2.47. The lowest BCUT2D eigenvalue weighted by atomic mass is 9.58. The molecule has 1 heterocycles. The van der Waals surface area contributed by atoms with E-state index in [0.717, 1.165) is 31.2 Å². The van der Waals surface area contributed by atoms with E-state index in [2.05, 4.69) is 19.9 Å². The molecule has 0 spiro atoms. The summed E-state index contributed by atoms with van der Waals surface area (Å²) >= 11 is 0. The van der Waals surface area contributed by atoms with Crippen molar-refractivity contribution in [3.8, 4) is 0 Å². The minimum Gasteiger partial charge on any atom is -0.447 e. The molecule has 4 heteroatoms. The quantitative estimate of drug-likeness (QED) is 0.725. The van der Waals surface area contributed by atoms with Crippen LogP contribution in [0, 0.1) is 17.3 Å². The monoisotopic (exact) mass is 367 g/mol. The van der Waals surface area contributed by atoms with Crippen molar-refractivity contribution in [1.82, 2.24) is 4.90 Å². The zero-order chi connectivity index (χ0) is 19.0. The number of ether oxygens (including phenoxy) is 1. The van der Waals surface area contributed by atoms with Gasteiger partial charge in [0.05, 0.1) is 6.04 Å². The second-order valence-corrected chi connectivity index (χ2v) is 8.79. The van der Waals surface area contributed by atoms with Crippen LogP contribution in [0.15, 0.2) is 42.0 Å². The second-order valence-electron chi connectivity index (χ2n) is 8.79. The summed E-state index contributed by atoms with van der Waals surface area (Å²) in [6.45, 7) is 4.88. The molecule has 0 unspecified atom stereocenters. The zero-order valence-electron chi connectivity index (χ0n) is 16.3. The standard InChI is InChI=1S/C23H29NO3/c1-16-7-6-11-23(2)12-10-18(14-20(16)23)21(25)24-19(15-27-22(24)26)13-17-8-4-3-5-9-17/h3-5,7-9,18-20H,6,10-15H2,1-2H3/t18-,19+,20-,23+/m0/s1. The van der Waals surface area contributed by atoms with Gasteiger partial charge in [-0.2, -0.15) is 0 Å². The number of cyclic esters (lactones) is 1. The molecule has 0 aromatic heterocycles. The van der Waals surface area contributed by atoms with Crippen molar-refractivity contribution in [3.63, 3.8) is 0 Å². The maximum Gasteiger partial charge on any atom is 0.416 e. The molecule has 3 aliphatic rings. The van der Waals surface area contributed by atoms with Crippen molar-refractivity contribution in [1.29, 1.82) is 0 Å². The number of carbonyl (C=O) groups is 2. The summed E-state index contributed by atoms with van der Waals surface area (Å²) in [6, 6.07) is 9.82. The number of hydrogen-bond acceptors (Lipinski definition) is 3. The Balaban J connectivity index is 1.50. The van der Waals surface area contributed by atoms with Gasteiger partial charge in [-0.05, 0) is 62.3 Å². The van der Waals surface area contributed by atoms with E-state index in [1.807, 2.05) is 30.3 Å². The molecule has 0 N–H and O–H groups in total. The minimum atomic E-state index is -0.467. The van der Waals surface area contributed by atoms with Gasteiger partial charge in [0.25, 0.3) is 0 Å². The van der Waals surface area contributed by atoms with E-state index in [9.17, 15) is 9.59 Å². The number of benzene rings is 1. The number of hydrogen-bond donors (Lipinski definition) is 0. The first kappa shape index (κ1) is 18.3. The highest BCUT2D eigenvalue weighted by atomic mass is 16.6. The van der Waals surface area contributed by atoms with Gasteiger partial charge in [0.15, 0.2) is 0 Å². The summed E-state index contributed by atoms with van der Waals surface area (Å²) in [6.07, 6.45) is 7.68. The SMILES string of the molecule is CC1=CCC[C@]2(C)CC[C@H](C(=O)N3C(=O)OC[C@H]3Cc3ccccc3)C[C@@H]12. The first-order chi connectivity index (χ1) is 13.0. The van der Waals surface area contributed by atoms with Gasteiger partial charge in [-0.1, -0.05) is 48.9 Å². The van der Waals surface area contributed by atoms with Crippen molar-refractivity contribution >= 4 is 12.0 Å². The van der Waals surface area contributed by atoms with Crippen LogP contribution in [0.1, 0.15) is 51.5 Å². The normalized spacial score (nSPS) is 33.3. The average molecular weight is 367 g/mol. The number of imide groups is 1. The molecule has 1 aromatic rings. The number of fused-ring (bicyclic) bond motifs is 1. The fourth-order valence-electron chi connectivity index (χ4n) is 5.36. The molecule has 2 fully saturated rings. The van der Waals surface area contributed by atoms with Gasteiger partial charge in [0.1, 0.15) is 6.61 Å². The van der Waals surface area contributed by atoms with Crippen LogP contribution in [-0.2, 0) is 16.0 Å². The summed E-state index contributed by atoms with van der Waals surface area (Å²) in [7, 11) is 0. The van der Waals surface area contributed by atoms with Crippen molar-refractivity contribution in [2.45, 2.75) is 58.4 Å². The molecule has 2 amide bonds. The lowest BCUT2D eigenvalue weighted by molar-refractivity contribution is -0.136. The van der Waals surface area contributed by atoms with E-state index in [-0.39, 0.29) is 17.9 Å². The second kappa shape index (κ2) is 7.14. The fraction of sp³-hybridized carbons (Fsp3) is 0.565. The molecule has 27 heavy (non-hydrogen) atoms. The van der Waals surface area contributed by atoms with Crippen LogP contribution in [0.25, 0.3) is 0 Å². The van der Waals surface area contributed by atoms with Gasteiger partial charge < -0.3 is 4.74 Å². The van der Waals surface area contributed by atoms with Crippen molar-refractivity contribution in [2.75, 3.05) is 6.61 Å². The van der Waals surface area contributed by atoms with Crippen molar-refractivity contribution in [2.24, 2.45) is 17.3 Å². The predicted molar refractivity (Wildman–Crippen MR) is 104 cm³/mol. The Morgan fingerprint density at radius 2 is 2.04 bits per heavy atom. The lowest BCUT2D eigenvalue weighted by Crippen LogP contribution is -2.47. The number of amides is 2. The Hall–Kier alpha value is -2.10. The van der Waals surface area contributed by atoms with Crippen LogP contribution in [-0.4, -0.2) is 29.5 Å². The molecular weight excluding hydrogens is 338 g/mol. The summed E-state index contributed by atoms with van der Waals surface area (Å²) in [5, 5.41) is 0. The number of carbonyl (C=O) groups excluding carboxylic acids is 2. The Morgan fingerprint density at radius 3 is 2.81 bits per heavy atom. The highest BCUT2D eigenvalue weighted by Crippen LogP contribution is 2.52. The Morgan fingerprint density at radius 1 is 1.26 bits per heavy atom. The third-order valence-electron chi connectivity index (χ3n) is 7.02. The zero-order valence-corrected chi connectivity index (χ0v) is 16.3. The van der Waals surface area contributed by atoms with Gasteiger partial charge in [-0.25, -0.2) is 9.69 Å². The van der Waals surface area contributed by atoms with Crippen LogP contribution in [0.2, 0.25) is 0 Å². The molecular formula is C23H29NO3. The molecule has 1 aromatic carbocycles. The van der Waals surface area contributed by atoms with E-state index in [0.29, 0.717) is 24.4 Å². The van der Waals surface area contributed by atoms with Gasteiger partial charge >= 0.3 is 6.09 Å². The number of nitrogens with zero attached hydrogens (tertiary/aromatic N) is 1. The average Bonchev–Trinajstić information content (AvgIpc) is 3.02. The Kier molecular flexibility index (Phi) is 4.83. The van der Waals surface area contributed by atoms with E-state index >= 15 is 0 Å². The van der Waals surface area contributed by atoms with E-state index < -0.39 is 6.09 Å². The predicted octanol–water partition coefficient (Wildman–Crippen LogP) is 4.74. The van der Waals surface area contributed by atoms with Crippen LogP contribution < -0.4 is 0 Å². The maximum atomic E-state index is 13.3. The highest BCUT2D eigenvalue weighted by molar-refractivity contribution is 5.95. The minimum absolute atomic E-state index is 0.0288. The van der Waals surface area contributed by atoms with E-state index in [1.54, 1.807) is 0 Å². The summed E-state index contributed by atoms with van der Waals surface area (Å²) in [5.74, 6) is 0.354. The Labute approximate surface area is 161 Å². The number of rotatable bonds is 3. The molecule has 0 radical (unpaired) electrons. The van der Waals surface area contributed by atoms with E-state index in [1.165, 1.54) is 16.9 Å². The first-order valence-electron chi connectivity index (χ1n) is 10.2. The summed E-state index contributed by atoms with van der Waals surface area (Å²) < 4.78 is 5.26. The molecule has 4 atom stereocenters. The summed E-state index contributed by atoms with van der Waals surface area (Å²) in [5.41, 5.74) is 2.86. The largest absolute Gasteiger partial charge is 0.447 e. The van der Waals surface area contributed by atoms with Crippen LogP contribution in [0.4, 0.5) is 4.79 Å². The summed E-state index contributed by atoms with van der Waals surface area (Å²) in [4.78, 5) is 27.1. The van der Waals surface area contributed by atoms with Gasteiger partial charge in [-0.3, -0.25) is 4.79 Å². The van der Waals surface area contributed by atoms with Gasteiger partial charge in [0.2, 0.25) is 5.91 Å². The molecule has 2 aliphatic carbocycles.